The van der Waals surface area contributed by atoms with Crippen LogP contribution in [0.15, 0.2) is 30.5 Å². The van der Waals surface area contributed by atoms with Gasteiger partial charge in [0.05, 0.1) is 33.7 Å². The topological polar surface area (TPSA) is 79.6 Å². The summed E-state index contributed by atoms with van der Waals surface area (Å²) in [7, 11) is 0. The Morgan fingerprint density at radius 2 is 2.07 bits per heavy atom. The molecule has 5 atom stereocenters. The van der Waals surface area contributed by atoms with Gasteiger partial charge in [-0.3, -0.25) is 5.10 Å². The second-order valence-electron chi connectivity index (χ2n) is 8.82. The molecule has 2 aromatic carbocycles. The zero-order chi connectivity index (χ0) is 19.3. The van der Waals surface area contributed by atoms with Crippen LogP contribution in [-0.4, -0.2) is 15.2 Å². The Hall–Kier alpha value is -2.67. The van der Waals surface area contributed by atoms with E-state index in [0.29, 0.717) is 34.5 Å². The molecule has 29 heavy (non-hydrogen) atoms. The van der Waals surface area contributed by atoms with Gasteiger partial charge in [0.25, 0.3) is 0 Å². The van der Waals surface area contributed by atoms with Crippen molar-refractivity contribution in [2.45, 2.75) is 31.2 Å². The Kier molecular flexibility index (Phi) is 3.05. The Bertz CT molecular complexity index is 1290. The number of benzene rings is 2. The fraction of sp³-hybridized carbons (Fsp3) is 0.364. The summed E-state index contributed by atoms with van der Waals surface area (Å²) in [5.41, 5.74) is 10.7. The summed E-state index contributed by atoms with van der Waals surface area (Å²) < 4.78 is 16.3. The first kappa shape index (κ1) is 16.2. The lowest BCUT2D eigenvalue weighted by Gasteiger charge is -2.43. The van der Waals surface area contributed by atoms with Gasteiger partial charge in [0.15, 0.2) is 5.13 Å². The highest BCUT2D eigenvalue weighted by Crippen LogP contribution is 2.64. The molecular formula is C22H20FN5S. The molecule has 4 N–H and O–H groups in total. The number of thiazole rings is 1. The van der Waals surface area contributed by atoms with Crippen LogP contribution in [0, 0.1) is 23.6 Å². The molecule has 2 saturated carbocycles. The molecule has 0 saturated heterocycles. The van der Waals surface area contributed by atoms with Gasteiger partial charge in [0.2, 0.25) is 0 Å². The van der Waals surface area contributed by atoms with Crippen molar-refractivity contribution in [2.75, 3.05) is 11.1 Å². The summed E-state index contributed by atoms with van der Waals surface area (Å²) in [4.78, 5) is 4.39. The maximum atomic E-state index is 15.2. The second-order valence-corrected chi connectivity index (χ2v) is 9.88. The zero-order valence-electron chi connectivity index (χ0n) is 15.7. The van der Waals surface area contributed by atoms with E-state index in [1.807, 2.05) is 12.3 Å². The predicted molar refractivity (Wildman–Crippen MR) is 114 cm³/mol. The summed E-state index contributed by atoms with van der Waals surface area (Å²) >= 11 is 1.52. The van der Waals surface area contributed by atoms with E-state index in [1.54, 1.807) is 6.07 Å². The predicted octanol–water partition coefficient (Wildman–Crippen LogP) is 5.19. The Labute approximate surface area is 170 Å². The molecular weight excluding hydrogens is 385 g/mol. The summed E-state index contributed by atoms with van der Waals surface area (Å²) in [5, 5.41) is 12.5. The van der Waals surface area contributed by atoms with Crippen LogP contribution in [-0.2, 0) is 0 Å². The SMILES string of the molecule is Nc1nc2ccc([C@@H]3Nc4c(F)cc5[nH]ncc5c4[C@H]4C5CCC(C5)[C@@H]34)cc2s1. The summed E-state index contributed by atoms with van der Waals surface area (Å²) in [6.07, 6.45) is 5.64. The van der Waals surface area contributed by atoms with Gasteiger partial charge in [-0.1, -0.05) is 17.4 Å². The van der Waals surface area contributed by atoms with Crippen molar-refractivity contribution < 1.29 is 4.39 Å². The summed E-state index contributed by atoms with van der Waals surface area (Å²) in [6.45, 7) is 0. The number of H-pyrrole nitrogens is 1. The maximum absolute atomic E-state index is 15.2. The Balaban J connectivity index is 1.45. The second kappa shape index (κ2) is 5.48. The van der Waals surface area contributed by atoms with E-state index in [0.717, 1.165) is 26.7 Å². The maximum Gasteiger partial charge on any atom is 0.181 e. The molecule has 3 heterocycles. The number of halogens is 1. The van der Waals surface area contributed by atoms with Crippen LogP contribution >= 0.6 is 11.3 Å². The number of nitrogens with one attached hydrogen (secondary N) is 2. The Morgan fingerprint density at radius 1 is 1.17 bits per heavy atom. The van der Waals surface area contributed by atoms with E-state index in [2.05, 4.69) is 32.6 Å². The molecule has 7 rings (SSSR count). The minimum absolute atomic E-state index is 0.106. The molecule has 5 nitrogen and oxygen atoms in total. The third-order valence-corrected chi connectivity index (χ3v) is 8.37. The zero-order valence-corrected chi connectivity index (χ0v) is 16.5. The van der Waals surface area contributed by atoms with E-state index >= 15 is 4.39 Å². The highest BCUT2D eigenvalue weighted by molar-refractivity contribution is 7.22. The first-order valence-corrected chi connectivity index (χ1v) is 11.1. The van der Waals surface area contributed by atoms with Crippen LogP contribution in [0.3, 0.4) is 0 Å². The van der Waals surface area contributed by atoms with Gasteiger partial charge in [-0.2, -0.15) is 5.10 Å². The normalized spacial score (nSPS) is 29.9. The van der Waals surface area contributed by atoms with Crippen molar-refractivity contribution in [3.8, 4) is 0 Å². The molecule has 2 unspecified atom stereocenters. The van der Waals surface area contributed by atoms with E-state index in [9.17, 15) is 0 Å². The minimum atomic E-state index is -0.189. The van der Waals surface area contributed by atoms with Gasteiger partial charge in [0, 0.05) is 11.5 Å². The molecule has 2 bridgehead atoms. The molecule has 2 aliphatic carbocycles. The number of nitrogen functional groups attached to an aromatic ring is 1. The molecule has 4 aromatic rings. The quantitative estimate of drug-likeness (QED) is 0.407. The van der Waals surface area contributed by atoms with Gasteiger partial charge in [-0.05, 0) is 66.2 Å². The van der Waals surface area contributed by atoms with Gasteiger partial charge < -0.3 is 11.1 Å². The van der Waals surface area contributed by atoms with Crippen molar-refractivity contribution in [3.63, 3.8) is 0 Å². The average molecular weight is 406 g/mol. The van der Waals surface area contributed by atoms with Crippen LogP contribution in [0.1, 0.15) is 42.3 Å². The molecule has 2 aromatic heterocycles. The Morgan fingerprint density at radius 3 is 3.00 bits per heavy atom. The van der Waals surface area contributed by atoms with Crippen molar-refractivity contribution in [2.24, 2.45) is 17.8 Å². The number of hydrogen-bond donors (Lipinski definition) is 3. The first-order chi connectivity index (χ1) is 14.2. The van der Waals surface area contributed by atoms with E-state index in [-0.39, 0.29) is 11.9 Å². The van der Waals surface area contributed by atoms with Crippen molar-refractivity contribution in [1.82, 2.24) is 15.2 Å². The van der Waals surface area contributed by atoms with Gasteiger partial charge >= 0.3 is 0 Å². The number of rotatable bonds is 1. The van der Waals surface area contributed by atoms with E-state index < -0.39 is 0 Å². The number of fused-ring (bicyclic) bond motifs is 10. The fourth-order valence-corrected chi connectivity index (χ4v) is 7.31. The lowest BCUT2D eigenvalue weighted by molar-refractivity contribution is 0.248. The van der Waals surface area contributed by atoms with Crippen LogP contribution in [0.5, 0.6) is 0 Å². The lowest BCUT2D eigenvalue weighted by atomic mass is 9.67. The van der Waals surface area contributed by atoms with Gasteiger partial charge in [-0.15, -0.1) is 0 Å². The van der Waals surface area contributed by atoms with Crippen LogP contribution < -0.4 is 11.1 Å². The average Bonchev–Trinajstić information content (AvgIpc) is 3.49. The number of nitrogens with zero attached hydrogens (tertiary/aromatic N) is 2. The molecule has 0 radical (unpaired) electrons. The molecule has 0 spiro atoms. The van der Waals surface area contributed by atoms with Gasteiger partial charge in [-0.25, -0.2) is 9.37 Å². The molecule has 2 fully saturated rings. The lowest BCUT2D eigenvalue weighted by Crippen LogP contribution is -2.36. The smallest absolute Gasteiger partial charge is 0.181 e. The summed E-state index contributed by atoms with van der Waals surface area (Å²) in [5.74, 6) is 1.99. The molecule has 7 heteroatoms. The van der Waals surface area contributed by atoms with Crippen molar-refractivity contribution in [3.05, 3.63) is 47.4 Å². The standard InChI is InChI=1S/C22H20FN5S/c23-13-7-15-12(8-25-28-15)19-17-9-1-2-10(5-9)18(17)20(27-21(13)19)11-3-4-14-16(6-11)29-22(24)26-14/h3-4,6-10,17-18,20,27H,1-2,5H2,(H2,24,26)(H,25,28)/t9?,10?,17-,18+,20-/m0/s1. The van der Waals surface area contributed by atoms with E-state index in [1.165, 1.54) is 36.2 Å². The molecule has 0 amide bonds. The summed E-state index contributed by atoms with van der Waals surface area (Å²) in [6, 6.07) is 8.07. The van der Waals surface area contributed by atoms with Crippen molar-refractivity contribution in [1.29, 1.82) is 0 Å². The fourth-order valence-electron chi connectivity index (χ4n) is 6.53. The highest BCUT2D eigenvalue weighted by Gasteiger charge is 2.54. The highest BCUT2D eigenvalue weighted by atomic mass is 32.1. The number of aromatic amines is 1. The molecule has 1 aliphatic heterocycles. The van der Waals surface area contributed by atoms with E-state index in [4.69, 9.17) is 5.73 Å². The largest absolute Gasteiger partial charge is 0.375 e. The molecule has 3 aliphatic rings. The van der Waals surface area contributed by atoms with Crippen LogP contribution in [0.4, 0.5) is 15.2 Å². The first-order valence-electron chi connectivity index (χ1n) is 10.3. The monoisotopic (exact) mass is 405 g/mol. The number of nitrogens with two attached hydrogens (primary N) is 1. The number of hydrogen-bond acceptors (Lipinski definition) is 5. The third kappa shape index (κ3) is 2.08. The van der Waals surface area contributed by atoms with Crippen LogP contribution in [0.25, 0.3) is 21.1 Å². The minimum Gasteiger partial charge on any atom is -0.375 e. The third-order valence-electron chi connectivity index (χ3n) is 7.53. The number of aromatic nitrogens is 3. The van der Waals surface area contributed by atoms with Crippen LogP contribution in [0.2, 0.25) is 0 Å². The van der Waals surface area contributed by atoms with Gasteiger partial charge in [0.1, 0.15) is 5.82 Å². The van der Waals surface area contributed by atoms with Crippen molar-refractivity contribution >= 4 is 43.3 Å². The number of anilines is 2. The molecule has 146 valence electrons.